The fourth-order valence-electron chi connectivity index (χ4n) is 1.02. The number of carbonyl (C=O) groups is 1. The summed E-state index contributed by atoms with van der Waals surface area (Å²) >= 11 is 3.10. The summed E-state index contributed by atoms with van der Waals surface area (Å²) in [4.78, 5) is 10.5. The highest BCUT2D eigenvalue weighted by molar-refractivity contribution is 9.10. The van der Waals surface area contributed by atoms with Gasteiger partial charge in [0.15, 0.2) is 6.10 Å². The molecule has 0 amide bonds. The zero-order chi connectivity index (χ0) is 10.7. The van der Waals surface area contributed by atoms with E-state index >= 15 is 0 Å². The molecule has 0 aliphatic carbocycles. The van der Waals surface area contributed by atoms with Gasteiger partial charge in [-0.3, -0.25) is 0 Å². The molecular weight excluding hydrogens is 250 g/mol. The molecule has 1 atom stereocenters. The summed E-state index contributed by atoms with van der Waals surface area (Å²) in [5.74, 6) is -1.38. The first-order valence-electron chi connectivity index (χ1n) is 3.67. The van der Waals surface area contributed by atoms with E-state index in [1.165, 1.54) is 6.07 Å². The molecule has 0 radical (unpaired) electrons. The Labute approximate surface area is 88.5 Å². The standard InChI is InChI=1S/C9H6BrNO3/c10-7-3-1-2-5(6(7)4-11)8(12)9(13)14/h1-3,8,12H,(H,13,14). The smallest absolute Gasteiger partial charge is 0.337 e. The van der Waals surface area contributed by atoms with Gasteiger partial charge in [-0.05, 0) is 22.0 Å². The number of carboxylic acids is 1. The molecule has 2 N–H and O–H groups in total. The number of aliphatic hydroxyl groups is 1. The van der Waals surface area contributed by atoms with Crippen LogP contribution in [0.2, 0.25) is 0 Å². The van der Waals surface area contributed by atoms with Crippen LogP contribution in [0.25, 0.3) is 0 Å². The zero-order valence-corrected chi connectivity index (χ0v) is 8.52. The van der Waals surface area contributed by atoms with Gasteiger partial charge in [0.05, 0.1) is 5.56 Å². The van der Waals surface area contributed by atoms with Crippen molar-refractivity contribution in [3.05, 3.63) is 33.8 Å². The summed E-state index contributed by atoms with van der Waals surface area (Å²) in [6, 6.07) is 6.40. The van der Waals surface area contributed by atoms with Gasteiger partial charge in [0.1, 0.15) is 6.07 Å². The first kappa shape index (κ1) is 10.7. The van der Waals surface area contributed by atoms with Crippen molar-refractivity contribution in [3.8, 4) is 6.07 Å². The summed E-state index contributed by atoms with van der Waals surface area (Å²) in [5, 5.41) is 26.6. The van der Waals surface area contributed by atoms with Crippen molar-refractivity contribution in [1.82, 2.24) is 0 Å². The molecule has 0 bridgehead atoms. The van der Waals surface area contributed by atoms with E-state index in [4.69, 9.17) is 10.4 Å². The van der Waals surface area contributed by atoms with Gasteiger partial charge in [-0.15, -0.1) is 0 Å². The van der Waals surface area contributed by atoms with Crippen LogP contribution in [-0.4, -0.2) is 16.2 Å². The lowest BCUT2D eigenvalue weighted by atomic mass is 10.0. The normalized spacial score (nSPS) is 11.8. The molecule has 1 aromatic carbocycles. The first-order chi connectivity index (χ1) is 6.57. The highest BCUT2D eigenvalue weighted by Crippen LogP contribution is 2.24. The third-order valence-electron chi connectivity index (χ3n) is 1.69. The minimum absolute atomic E-state index is 0.0920. The third kappa shape index (κ3) is 1.92. The topological polar surface area (TPSA) is 81.3 Å². The summed E-state index contributed by atoms with van der Waals surface area (Å²) in [7, 11) is 0. The number of aliphatic carboxylic acids is 1. The molecule has 0 saturated heterocycles. The Balaban J connectivity index is 3.29. The van der Waals surface area contributed by atoms with Crippen LogP contribution in [0.15, 0.2) is 22.7 Å². The number of carboxylic acid groups (broad SMARTS) is 1. The highest BCUT2D eigenvalue weighted by Gasteiger charge is 2.20. The molecule has 5 heteroatoms. The number of benzene rings is 1. The van der Waals surface area contributed by atoms with Gasteiger partial charge in [0, 0.05) is 10.0 Å². The Morgan fingerprint density at radius 2 is 2.21 bits per heavy atom. The average molecular weight is 256 g/mol. The predicted octanol–water partition coefficient (Wildman–Crippen LogP) is 1.44. The van der Waals surface area contributed by atoms with E-state index in [-0.39, 0.29) is 11.1 Å². The SMILES string of the molecule is N#Cc1c(Br)cccc1C(O)C(=O)O. The largest absolute Gasteiger partial charge is 0.479 e. The van der Waals surface area contributed by atoms with Crippen LogP contribution in [0.5, 0.6) is 0 Å². The van der Waals surface area contributed by atoms with Crippen molar-refractivity contribution in [3.63, 3.8) is 0 Å². The summed E-state index contributed by atoms with van der Waals surface area (Å²) in [6.45, 7) is 0. The molecule has 1 aromatic rings. The number of rotatable bonds is 2. The Kier molecular flexibility index (Phi) is 3.23. The molecule has 0 fully saturated rings. The van der Waals surface area contributed by atoms with Crippen molar-refractivity contribution in [2.75, 3.05) is 0 Å². The van der Waals surface area contributed by atoms with Crippen LogP contribution in [0.3, 0.4) is 0 Å². The van der Waals surface area contributed by atoms with E-state index in [0.717, 1.165) is 0 Å². The lowest BCUT2D eigenvalue weighted by Crippen LogP contribution is -2.12. The van der Waals surface area contributed by atoms with Gasteiger partial charge < -0.3 is 10.2 Å². The maximum atomic E-state index is 10.5. The number of aliphatic hydroxyl groups excluding tert-OH is 1. The van der Waals surface area contributed by atoms with Crippen LogP contribution >= 0.6 is 15.9 Å². The highest BCUT2D eigenvalue weighted by atomic mass is 79.9. The lowest BCUT2D eigenvalue weighted by molar-refractivity contribution is -0.146. The van der Waals surface area contributed by atoms with E-state index < -0.39 is 12.1 Å². The van der Waals surface area contributed by atoms with E-state index in [1.807, 2.05) is 6.07 Å². The Morgan fingerprint density at radius 1 is 1.57 bits per heavy atom. The summed E-state index contributed by atoms with van der Waals surface area (Å²) in [5.41, 5.74) is 0.233. The average Bonchev–Trinajstić information content (AvgIpc) is 2.16. The molecule has 4 nitrogen and oxygen atoms in total. The number of nitrogens with zero attached hydrogens (tertiary/aromatic N) is 1. The van der Waals surface area contributed by atoms with Crippen LogP contribution in [0.1, 0.15) is 17.2 Å². The van der Waals surface area contributed by atoms with Crippen molar-refractivity contribution in [2.24, 2.45) is 0 Å². The fraction of sp³-hybridized carbons (Fsp3) is 0.111. The molecule has 14 heavy (non-hydrogen) atoms. The molecule has 1 unspecified atom stereocenters. The first-order valence-corrected chi connectivity index (χ1v) is 4.46. The lowest BCUT2D eigenvalue weighted by Gasteiger charge is -2.08. The molecule has 0 spiro atoms. The fourth-order valence-corrected chi connectivity index (χ4v) is 1.49. The number of hydrogen-bond acceptors (Lipinski definition) is 3. The number of hydrogen-bond donors (Lipinski definition) is 2. The van der Waals surface area contributed by atoms with Gasteiger partial charge >= 0.3 is 5.97 Å². The second kappa shape index (κ2) is 4.22. The molecule has 0 aliphatic rings. The minimum atomic E-state index is -1.66. The molecule has 1 rings (SSSR count). The second-order valence-electron chi connectivity index (χ2n) is 2.56. The van der Waals surface area contributed by atoms with Crippen LogP contribution < -0.4 is 0 Å². The molecule has 72 valence electrons. The maximum absolute atomic E-state index is 10.5. The monoisotopic (exact) mass is 255 g/mol. The number of halogens is 1. The van der Waals surface area contributed by atoms with Gasteiger partial charge in [-0.25, -0.2) is 4.79 Å². The second-order valence-corrected chi connectivity index (χ2v) is 3.41. The molecular formula is C9H6BrNO3. The van der Waals surface area contributed by atoms with E-state index in [2.05, 4.69) is 15.9 Å². The van der Waals surface area contributed by atoms with Gasteiger partial charge in [-0.1, -0.05) is 12.1 Å². The van der Waals surface area contributed by atoms with Crippen LogP contribution in [-0.2, 0) is 4.79 Å². The molecule has 0 saturated carbocycles. The molecule has 0 aromatic heterocycles. The number of nitriles is 1. The van der Waals surface area contributed by atoms with Gasteiger partial charge in [0.25, 0.3) is 0 Å². The minimum Gasteiger partial charge on any atom is -0.479 e. The molecule has 0 aliphatic heterocycles. The summed E-state index contributed by atoms with van der Waals surface area (Å²) in [6.07, 6.45) is -1.66. The van der Waals surface area contributed by atoms with Crippen molar-refractivity contribution in [1.29, 1.82) is 5.26 Å². The summed E-state index contributed by atoms with van der Waals surface area (Å²) < 4.78 is 0.470. The zero-order valence-electron chi connectivity index (χ0n) is 6.94. The van der Waals surface area contributed by atoms with E-state index in [0.29, 0.717) is 4.47 Å². The van der Waals surface area contributed by atoms with Crippen molar-refractivity contribution in [2.45, 2.75) is 6.10 Å². The predicted molar refractivity (Wildman–Crippen MR) is 51.5 cm³/mol. The van der Waals surface area contributed by atoms with Crippen LogP contribution in [0.4, 0.5) is 0 Å². The van der Waals surface area contributed by atoms with Crippen molar-refractivity contribution >= 4 is 21.9 Å². The van der Waals surface area contributed by atoms with Gasteiger partial charge in [0.2, 0.25) is 0 Å². The molecule has 0 heterocycles. The maximum Gasteiger partial charge on any atom is 0.337 e. The third-order valence-corrected chi connectivity index (χ3v) is 2.35. The Bertz CT molecular complexity index is 411. The Hall–Kier alpha value is -1.38. The van der Waals surface area contributed by atoms with E-state index in [1.54, 1.807) is 12.1 Å². The Morgan fingerprint density at radius 3 is 2.71 bits per heavy atom. The quantitative estimate of drug-likeness (QED) is 0.838. The van der Waals surface area contributed by atoms with E-state index in [9.17, 15) is 9.90 Å². The van der Waals surface area contributed by atoms with Crippen molar-refractivity contribution < 1.29 is 15.0 Å². The van der Waals surface area contributed by atoms with Crippen LogP contribution in [0, 0.1) is 11.3 Å². The van der Waals surface area contributed by atoms with Gasteiger partial charge in [-0.2, -0.15) is 5.26 Å².